The Hall–Kier alpha value is 0.120. The first-order chi connectivity index (χ1) is 4.96. The Kier molecular flexibility index (Phi) is 2.40. The van der Waals surface area contributed by atoms with Gasteiger partial charge in [0.05, 0.1) is 13.2 Å². The van der Waals surface area contributed by atoms with E-state index in [1.54, 1.807) is 0 Å². The molecule has 0 spiro atoms. The van der Waals surface area contributed by atoms with Gasteiger partial charge in [0.2, 0.25) is 0 Å². The first-order valence-corrected chi connectivity index (χ1v) is 4.65. The van der Waals surface area contributed by atoms with E-state index >= 15 is 0 Å². The smallest absolute Gasteiger partial charge is 0.312 e. The van der Waals surface area contributed by atoms with Gasteiger partial charge in [-0.2, -0.15) is 8.42 Å². The standard InChI is InChI=1S/C4H7ClO5S/c5-4(11(6,7)8)3-9-1-2-10-4/h1-3H2,(H,6,7,8). The molecule has 1 heterocycles. The number of alkyl halides is 1. The van der Waals surface area contributed by atoms with Gasteiger partial charge >= 0.3 is 10.1 Å². The SMILES string of the molecule is O=S(=O)(O)C1(Cl)COCCO1. The highest BCUT2D eigenvalue weighted by Crippen LogP contribution is 2.26. The van der Waals surface area contributed by atoms with Crippen LogP contribution < -0.4 is 0 Å². The summed E-state index contributed by atoms with van der Waals surface area (Å²) in [6.45, 7) is -0.0132. The van der Waals surface area contributed by atoms with Crippen molar-refractivity contribution in [2.24, 2.45) is 0 Å². The predicted molar refractivity (Wildman–Crippen MR) is 36.9 cm³/mol. The summed E-state index contributed by atoms with van der Waals surface area (Å²) in [4.78, 5) is 0. The molecule has 0 radical (unpaired) electrons. The summed E-state index contributed by atoms with van der Waals surface area (Å²) in [5.74, 6) is 0. The summed E-state index contributed by atoms with van der Waals surface area (Å²) in [6, 6.07) is 0. The van der Waals surface area contributed by atoms with E-state index in [1.165, 1.54) is 0 Å². The molecule has 0 aromatic carbocycles. The number of rotatable bonds is 1. The van der Waals surface area contributed by atoms with E-state index in [2.05, 4.69) is 4.74 Å². The molecular weight excluding hydrogens is 196 g/mol. The third-order valence-electron chi connectivity index (χ3n) is 1.20. The van der Waals surface area contributed by atoms with E-state index in [9.17, 15) is 8.42 Å². The van der Waals surface area contributed by atoms with Crippen molar-refractivity contribution in [3.05, 3.63) is 0 Å². The minimum absolute atomic E-state index is 0.0588. The van der Waals surface area contributed by atoms with Gasteiger partial charge in [-0.3, -0.25) is 4.55 Å². The van der Waals surface area contributed by atoms with Crippen LogP contribution >= 0.6 is 11.6 Å². The van der Waals surface area contributed by atoms with Crippen LogP contribution in [0.15, 0.2) is 0 Å². The molecular formula is C4H7ClO5S. The average molecular weight is 203 g/mol. The summed E-state index contributed by atoms with van der Waals surface area (Å²) in [5, 5.41) is 0. The summed E-state index contributed by atoms with van der Waals surface area (Å²) < 4.78 is 36.8. The van der Waals surface area contributed by atoms with Crippen LogP contribution in [0, 0.1) is 0 Å². The van der Waals surface area contributed by atoms with Gasteiger partial charge < -0.3 is 9.47 Å². The largest absolute Gasteiger partial charge is 0.373 e. The molecule has 1 aliphatic rings. The normalized spacial score (nSPS) is 33.6. The molecule has 0 aliphatic carbocycles. The van der Waals surface area contributed by atoms with E-state index in [1.807, 2.05) is 0 Å². The molecule has 1 unspecified atom stereocenters. The van der Waals surface area contributed by atoms with Gasteiger partial charge in [-0.1, -0.05) is 11.6 Å². The van der Waals surface area contributed by atoms with Crippen molar-refractivity contribution in [1.29, 1.82) is 0 Å². The summed E-state index contributed by atoms with van der Waals surface area (Å²) >= 11 is 5.37. The summed E-state index contributed by atoms with van der Waals surface area (Å²) in [6.07, 6.45) is 0. The van der Waals surface area contributed by atoms with Crippen LogP contribution in [0.5, 0.6) is 0 Å². The molecule has 11 heavy (non-hydrogen) atoms. The van der Waals surface area contributed by atoms with Crippen LogP contribution in [-0.2, 0) is 19.6 Å². The molecule has 1 aliphatic heterocycles. The molecule has 66 valence electrons. The van der Waals surface area contributed by atoms with Crippen molar-refractivity contribution in [2.75, 3.05) is 19.8 Å². The van der Waals surface area contributed by atoms with Crippen molar-refractivity contribution >= 4 is 21.7 Å². The Balaban J connectivity index is 2.81. The average Bonchev–Trinajstić information content (AvgIpc) is 1.87. The third kappa shape index (κ3) is 1.83. The lowest BCUT2D eigenvalue weighted by molar-refractivity contribution is -0.0764. The van der Waals surface area contributed by atoms with Gasteiger partial charge in [-0.15, -0.1) is 0 Å². The van der Waals surface area contributed by atoms with Gasteiger partial charge in [-0.25, -0.2) is 0 Å². The highest BCUT2D eigenvalue weighted by atomic mass is 35.5. The highest BCUT2D eigenvalue weighted by Gasteiger charge is 2.44. The van der Waals surface area contributed by atoms with E-state index in [4.69, 9.17) is 20.9 Å². The van der Waals surface area contributed by atoms with E-state index in [-0.39, 0.29) is 19.8 Å². The zero-order valence-electron chi connectivity index (χ0n) is 5.49. The second kappa shape index (κ2) is 2.87. The molecule has 0 amide bonds. The first-order valence-electron chi connectivity index (χ1n) is 2.83. The minimum atomic E-state index is -4.41. The Morgan fingerprint density at radius 1 is 1.45 bits per heavy atom. The second-order valence-corrected chi connectivity index (χ2v) is 4.48. The number of halogens is 1. The van der Waals surface area contributed by atoms with Gasteiger partial charge in [0, 0.05) is 0 Å². The molecule has 1 atom stereocenters. The van der Waals surface area contributed by atoms with Gasteiger partial charge in [0.15, 0.2) is 0 Å². The zero-order chi connectivity index (χ0) is 8.54. The Morgan fingerprint density at radius 2 is 2.09 bits per heavy atom. The number of ether oxygens (including phenoxy) is 2. The highest BCUT2D eigenvalue weighted by molar-refractivity contribution is 7.88. The molecule has 7 heteroatoms. The van der Waals surface area contributed by atoms with Gasteiger partial charge in [-0.05, 0) is 0 Å². The fraction of sp³-hybridized carbons (Fsp3) is 1.00. The summed E-state index contributed by atoms with van der Waals surface area (Å²) in [5.41, 5.74) is 0. The monoisotopic (exact) mass is 202 g/mol. The lowest BCUT2D eigenvalue weighted by Crippen LogP contribution is -2.44. The van der Waals surface area contributed by atoms with Crippen LogP contribution in [-0.4, -0.2) is 37.2 Å². The van der Waals surface area contributed by atoms with Crippen LogP contribution in [0.3, 0.4) is 0 Å². The van der Waals surface area contributed by atoms with Gasteiger partial charge in [0.25, 0.3) is 4.39 Å². The van der Waals surface area contributed by atoms with Gasteiger partial charge in [0.1, 0.15) is 6.61 Å². The Bertz CT molecular complexity index is 229. The Morgan fingerprint density at radius 3 is 2.36 bits per heavy atom. The van der Waals surface area contributed by atoms with Crippen LogP contribution in [0.25, 0.3) is 0 Å². The molecule has 0 aromatic heterocycles. The van der Waals surface area contributed by atoms with E-state index in [0.717, 1.165) is 0 Å². The van der Waals surface area contributed by atoms with Crippen LogP contribution in [0.4, 0.5) is 0 Å². The topological polar surface area (TPSA) is 72.8 Å². The maximum Gasteiger partial charge on any atom is 0.312 e. The second-order valence-electron chi connectivity index (χ2n) is 2.04. The first kappa shape index (κ1) is 9.21. The molecule has 0 saturated carbocycles. The van der Waals surface area contributed by atoms with Crippen molar-refractivity contribution in [3.63, 3.8) is 0 Å². The lowest BCUT2D eigenvalue weighted by atomic mass is 10.6. The fourth-order valence-corrected chi connectivity index (χ4v) is 1.26. The molecule has 1 N–H and O–H groups in total. The quantitative estimate of drug-likeness (QED) is 0.472. The van der Waals surface area contributed by atoms with Crippen molar-refractivity contribution in [3.8, 4) is 0 Å². The predicted octanol–water partition coefficient (Wildman–Crippen LogP) is -0.186. The third-order valence-corrected chi connectivity index (χ3v) is 3.01. The molecule has 0 aromatic rings. The molecule has 5 nitrogen and oxygen atoms in total. The fourth-order valence-electron chi connectivity index (χ4n) is 0.638. The molecule has 0 bridgehead atoms. The number of hydrogen-bond donors (Lipinski definition) is 1. The number of hydrogen-bond acceptors (Lipinski definition) is 4. The van der Waals surface area contributed by atoms with Crippen molar-refractivity contribution in [2.45, 2.75) is 4.39 Å². The molecule has 1 rings (SSSR count). The van der Waals surface area contributed by atoms with E-state index < -0.39 is 14.5 Å². The van der Waals surface area contributed by atoms with Crippen molar-refractivity contribution < 1.29 is 22.4 Å². The maximum absolute atomic E-state index is 10.5. The maximum atomic E-state index is 10.5. The van der Waals surface area contributed by atoms with E-state index in [0.29, 0.717) is 0 Å². The Labute approximate surface area is 69.0 Å². The van der Waals surface area contributed by atoms with Crippen LogP contribution in [0.2, 0.25) is 0 Å². The lowest BCUT2D eigenvalue weighted by Gasteiger charge is -2.27. The van der Waals surface area contributed by atoms with Crippen molar-refractivity contribution in [1.82, 2.24) is 0 Å². The van der Waals surface area contributed by atoms with Crippen LogP contribution in [0.1, 0.15) is 0 Å². The zero-order valence-corrected chi connectivity index (χ0v) is 7.06. The molecule has 1 fully saturated rings. The summed E-state index contributed by atoms with van der Waals surface area (Å²) in [7, 11) is -4.41. The minimum Gasteiger partial charge on any atom is -0.373 e. The molecule has 1 saturated heterocycles.